The molecule has 0 spiro atoms. The number of halogens is 1. The van der Waals surface area contributed by atoms with Crippen molar-refractivity contribution in [2.24, 2.45) is 4.99 Å². The molecule has 1 aromatic rings. The van der Waals surface area contributed by atoms with Crippen molar-refractivity contribution in [2.75, 3.05) is 34.4 Å². The van der Waals surface area contributed by atoms with Gasteiger partial charge in [-0.1, -0.05) is 12.1 Å². The zero-order chi connectivity index (χ0) is 13.0. The molecular formula is C13H20IN3O2. The van der Waals surface area contributed by atoms with Crippen molar-refractivity contribution < 1.29 is 9.47 Å². The van der Waals surface area contributed by atoms with Gasteiger partial charge in [-0.05, 0) is 6.07 Å². The first kappa shape index (κ1) is 15.9. The van der Waals surface area contributed by atoms with Crippen LogP contribution in [0.2, 0.25) is 0 Å². The van der Waals surface area contributed by atoms with E-state index in [4.69, 9.17) is 9.47 Å². The predicted molar refractivity (Wildman–Crippen MR) is 86.7 cm³/mol. The Hall–Kier alpha value is -1.18. The van der Waals surface area contributed by atoms with E-state index in [-0.39, 0.29) is 24.0 Å². The Bertz CT molecular complexity index is 452. The molecule has 0 saturated carbocycles. The molecule has 0 unspecified atom stereocenters. The zero-order valence-electron chi connectivity index (χ0n) is 11.5. The van der Waals surface area contributed by atoms with Gasteiger partial charge in [0.15, 0.2) is 17.5 Å². The molecular weight excluding hydrogens is 357 g/mol. The summed E-state index contributed by atoms with van der Waals surface area (Å²) >= 11 is 0. The molecule has 0 aliphatic carbocycles. The number of hydrogen-bond acceptors (Lipinski definition) is 5. The molecule has 0 bridgehead atoms. The van der Waals surface area contributed by atoms with Crippen LogP contribution in [0.15, 0.2) is 23.2 Å². The number of ether oxygens (including phenoxy) is 2. The molecule has 0 saturated heterocycles. The zero-order valence-corrected chi connectivity index (χ0v) is 13.8. The average Bonchev–Trinajstić information content (AvgIpc) is 2.81. The topological polar surface area (TPSA) is 46.1 Å². The summed E-state index contributed by atoms with van der Waals surface area (Å²) in [5.74, 6) is 2.45. The first-order valence-corrected chi connectivity index (χ1v) is 5.95. The first-order valence-electron chi connectivity index (χ1n) is 5.95. The lowest BCUT2D eigenvalue weighted by Crippen LogP contribution is -2.35. The fraction of sp³-hybridized carbons (Fsp3) is 0.462. The van der Waals surface area contributed by atoms with E-state index in [9.17, 15) is 0 Å². The van der Waals surface area contributed by atoms with Crippen LogP contribution < -0.4 is 14.8 Å². The molecule has 1 aliphatic heterocycles. The normalized spacial score (nSPS) is 13.6. The second-order valence-electron chi connectivity index (χ2n) is 4.13. The first-order chi connectivity index (χ1) is 8.76. The third kappa shape index (κ3) is 3.65. The van der Waals surface area contributed by atoms with Gasteiger partial charge >= 0.3 is 0 Å². The third-order valence-corrected chi connectivity index (χ3v) is 2.98. The number of para-hydroxylation sites is 1. The molecule has 19 heavy (non-hydrogen) atoms. The molecule has 6 heteroatoms. The number of guanidine groups is 1. The summed E-state index contributed by atoms with van der Waals surface area (Å²) in [5.41, 5.74) is 1.06. The molecule has 0 fully saturated rings. The van der Waals surface area contributed by atoms with Gasteiger partial charge in [0.1, 0.15) is 0 Å². The van der Waals surface area contributed by atoms with Gasteiger partial charge in [0, 0.05) is 25.7 Å². The van der Waals surface area contributed by atoms with Crippen LogP contribution in [0.5, 0.6) is 11.5 Å². The Morgan fingerprint density at radius 3 is 2.68 bits per heavy atom. The molecule has 0 amide bonds. The second-order valence-corrected chi connectivity index (χ2v) is 4.13. The summed E-state index contributed by atoms with van der Waals surface area (Å²) in [6, 6.07) is 5.87. The van der Waals surface area contributed by atoms with Crippen molar-refractivity contribution in [3.05, 3.63) is 23.8 Å². The lowest BCUT2D eigenvalue weighted by atomic mass is 10.2. The Balaban J connectivity index is 0.00000180. The molecule has 1 heterocycles. The molecule has 0 aromatic heterocycles. The Labute approximate surface area is 131 Å². The summed E-state index contributed by atoms with van der Waals surface area (Å²) in [6.07, 6.45) is 0. The quantitative estimate of drug-likeness (QED) is 0.812. The molecule has 1 N–H and O–H groups in total. The van der Waals surface area contributed by atoms with Gasteiger partial charge in [0.25, 0.3) is 0 Å². The van der Waals surface area contributed by atoms with E-state index in [1.54, 1.807) is 14.2 Å². The van der Waals surface area contributed by atoms with Crippen molar-refractivity contribution in [3.63, 3.8) is 0 Å². The number of rotatable bonds is 4. The maximum absolute atomic E-state index is 5.39. The Morgan fingerprint density at radius 2 is 2.11 bits per heavy atom. The predicted octanol–water partition coefficient (Wildman–Crippen LogP) is 1.71. The molecule has 0 radical (unpaired) electrons. The van der Waals surface area contributed by atoms with Crippen LogP contribution in [-0.4, -0.2) is 45.2 Å². The van der Waals surface area contributed by atoms with Gasteiger partial charge < -0.3 is 19.7 Å². The van der Waals surface area contributed by atoms with Crippen molar-refractivity contribution in [1.29, 1.82) is 0 Å². The van der Waals surface area contributed by atoms with Crippen molar-refractivity contribution in [3.8, 4) is 11.5 Å². The summed E-state index contributed by atoms with van der Waals surface area (Å²) in [6.45, 7) is 2.50. The molecule has 5 nitrogen and oxygen atoms in total. The number of likely N-dealkylation sites (N-methyl/N-ethyl adjacent to an activating group) is 1. The fourth-order valence-corrected chi connectivity index (χ4v) is 1.99. The summed E-state index contributed by atoms with van der Waals surface area (Å²) < 4.78 is 10.7. The highest BCUT2D eigenvalue weighted by Crippen LogP contribution is 2.30. The van der Waals surface area contributed by atoms with Crippen molar-refractivity contribution in [2.45, 2.75) is 6.54 Å². The van der Waals surface area contributed by atoms with Crippen molar-refractivity contribution in [1.82, 2.24) is 10.2 Å². The van der Waals surface area contributed by atoms with E-state index in [0.29, 0.717) is 6.54 Å². The van der Waals surface area contributed by atoms with E-state index < -0.39 is 0 Å². The minimum absolute atomic E-state index is 0. The SMILES string of the molecule is COc1cccc(CNC2=NCCN2C)c1OC.I. The van der Waals surface area contributed by atoms with Crippen molar-refractivity contribution >= 4 is 29.9 Å². The summed E-state index contributed by atoms with van der Waals surface area (Å²) in [4.78, 5) is 6.49. The molecule has 0 atom stereocenters. The lowest BCUT2D eigenvalue weighted by Gasteiger charge is -2.17. The van der Waals surface area contributed by atoms with E-state index in [1.807, 2.05) is 25.2 Å². The van der Waals surface area contributed by atoms with Crippen LogP contribution in [0, 0.1) is 0 Å². The number of nitrogens with zero attached hydrogens (tertiary/aromatic N) is 2. The maximum atomic E-state index is 5.39. The standard InChI is InChI=1S/C13H19N3O2.HI/c1-16-8-7-14-13(16)15-9-10-5-4-6-11(17-2)12(10)18-3;/h4-6H,7-9H2,1-3H3,(H,14,15);1H. The average molecular weight is 377 g/mol. The van der Waals surface area contributed by atoms with Crippen LogP contribution in [0.1, 0.15) is 5.56 Å². The highest BCUT2D eigenvalue weighted by molar-refractivity contribution is 14.0. The van der Waals surface area contributed by atoms with E-state index in [2.05, 4.69) is 15.2 Å². The number of methoxy groups -OCH3 is 2. The van der Waals surface area contributed by atoms with Crippen LogP contribution >= 0.6 is 24.0 Å². The maximum Gasteiger partial charge on any atom is 0.194 e. The minimum atomic E-state index is 0. The van der Waals surface area contributed by atoms with Gasteiger partial charge in [-0.3, -0.25) is 4.99 Å². The van der Waals surface area contributed by atoms with Crippen LogP contribution in [0.4, 0.5) is 0 Å². The van der Waals surface area contributed by atoms with Crippen LogP contribution in [-0.2, 0) is 6.54 Å². The van der Waals surface area contributed by atoms with Crippen LogP contribution in [0.3, 0.4) is 0 Å². The summed E-state index contributed by atoms with van der Waals surface area (Å²) in [7, 11) is 5.33. The van der Waals surface area contributed by atoms with Gasteiger partial charge in [0.05, 0.1) is 20.8 Å². The van der Waals surface area contributed by atoms with E-state index >= 15 is 0 Å². The second kappa shape index (κ2) is 7.42. The Morgan fingerprint density at radius 1 is 1.32 bits per heavy atom. The van der Waals surface area contributed by atoms with Gasteiger partial charge in [-0.2, -0.15) is 0 Å². The van der Waals surface area contributed by atoms with Crippen LogP contribution in [0.25, 0.3) is 0 Å². The van der Waals surface area contributed by atoms with Gasteiger partial charge in [-0.15, -0.1) is 24.0 Å². The number of aliphatic imine (C=N–C) groups is 1. The van der Waals surface area contributed by atoms with Gasteiger partial charge in [-0.25, -0.2) is 0 Å². The monoisotopic (exact) mass is 377 g/mol. The van der Waals surface area contributed by atoms with E-state index in [0.717, 1.165) is 36.1 Å². The Kier molecular flexibility index (Phi) is 6.20. The molecule has 1 aromatic carbocycles. The number of nitrogens with one attached hydrogen (secondary N) is 1. The van der Waals surface area contributed by atoms with E-state index in [1.165, 1.54) is 0 Å². The molecule has 106 valence electrons. The summed E-state index contributed by atoms with van der Waals surface area (Å²) in [5, 5.41) is 3.31. The fourth-order valence-electron chi connectivity index (χ4n) is 1.99. The largest absolute Gasteiger partial charge is 0.493 e. The highest BCUT2D eigenvalue weighted by Gasteiger charge is 2.14. The highest BCUT2D eigenvalue weighted by atomic mass is 127. The number of benzene rings is 1. The minimum Gasteiger partial charge on any atom is -0.493 e. The number of hydrogen-bond donors (Lipinski definition) is 1. The van der Waals surface area contributed by atoms with Gasteiger partial charge in [0.2, 0.25) is 0 Å². The molecule has 2 rings (SSSR count). The smallest absolute Gasteiger partial charge is 0.194 e. The third-order valence-electron chi connectivity index (χ3n) is 2.98. The lowest BCUT2D eigenvalue weighted by molar-refractivity contribution is 0.351. The molecule has 1 aliphatic rings.